The van der Waals surface area contributed by atoms with Crippen LogP contribution in [0.1, 0.15) is 15.9 Å². The molecule has 0 unspecified atom stereocenters. The minimum absolute atomic E-state index is 0.122. The number of carbonyl (C=O) groups excluding carboxylic acids is 1. The second kappa shape index (κ2) is 5.61. The summed E-state index contributed by atoms with van der Waals surface area (Å²) in [6.45, 7) is 0. The topological polar surface area (TPSA) is 61.5 Å². The van der Waals surface area contributed by atoms with E-state index in [0.29, 0.717) is 11.4 Å². The Morgan fingerprint density at radius 2 is 1.85 bits per heavy atom. The first-order valence-corrected chi connectivity index (χ1v) is 5.89. The minimum Gasteiger partial charge on any atom is -0.496 e. The molecule has 0 aliphatic heterocycles. The van der Waals surface area contributed by atoms with Crippen molar-refractivity contribution in [3.63, 3.8) is 0 Å². The summed E-state index contributed by atoms with van der Waals surface area (Å²) in [6, 6.07) is 8.59. The molecular formula is C15H14FNO3. The first-order chi connectivity index (χ1) is 9.58. The second-order valence-corrected chi connectivity index (χ2v) is 4.10. The highest BCUT2D eigenvalue weighted by molar-refractivity contribution is 6.13. The number of para-hydroxylation sites is 1. The number of ketones is 1. The number of hydrogen-bond donors (Lipinski definition) is 1. The zero-order valence-corrected chi connectivity index (χ0v) is 11.1. The second-order valence-electron chi connectivity index (χ2n) is 4.10. The highest BCUT2D eigenvalue weighted by Gasteiger charge is 2.20. The van der Waals surface area contributed by atoms with Crippen molar-refractivity contribution in [1.29, 1.82) is 0 Å². The zero-order chi connectivity index (χ0) is 14.7. The first-order valence-electron chi connectivity index (χ1n) is 5.89. The van der Waals surface area contributed by atoms with Crippen molar-refractivity contribution >= 4 is 11.5 Å². The van der Waals surface area contributed by atoms with Gasteiger partial charge in [-0.25, -0.2) is 4.39 Å². The lowest BCUT2D eigenvalue weighted by molar-refractivity contribution is 0.103. The largest absolute Gasteiger partial charge is 0.496 e. The van der Waals surface area contributed by atoms with E-state index >= 15 is 0 Å². The standard InChI is InChI=1S/C15H14FNO3/c1-19-13-7-6-9(16)8-11(13)14(18)10-4-3-5-12(17)15(10)20-2/h3-8H,17H2,1-2H3. The predicted octanol–water partition coefficient (Wildman–Crippen LogP) is 2.66. The van der Waals surface area contributed by atoms with Gasteiger partial charge in [-0.2, -0.15) is 0 Å². The summed E-state index contributed by atoms with van der Waals surface area (Å²) in [5, 5.41) is 0. The molecule has 0 amide bonds. The van der Waals surface area contributed by atoms with Gasteiger partial charge in [-0.05, 0) is 30.3 Å². The maximum absolute atomic E-state index is 13.4. The number of nitrogens with two attached hydrogens (primary N) is 1. The number of rotatable bonds is 4. The molecule has 0 fully saturated rings. The summed E-state index contributed by atoms with van der Waals surface area (Å²) in [5.41, 5.74) is 6.49. The van der Waals surface area contributed by atoms with Crippen LogP contribution in [0.2, 0.25) is 0 Å². The Bertz CT molecular complexity index is 652. The Morgan fingerprint density at radius 3 is 2.50 bits per heavy atom. The fourth-order valence-electron chi connectivity index (χ4n) is 1.96. The van der Waals surface area contributed by atoms with Gasteiger partial charge in [0.15, 0.2) is 5.75 Å². The van der Waals surface area contributed by atoms with Crippen molar-refractivity contribution in [2.24, 2.45) is 0 Å². The zero-order valence-electron chi connectivity index (χ0n) is 11.1. The van der Waals surface area contributed by atoms with Crippen LogP contribution in [0.15, 0.2) is 36.4 Å². The van der Waals surface area contributed by atoms with Crippen LogP contribution in [-0.2, 0) is 0 Å². The average molecular weight is 275 g/mol. The number of halogens is 1. The summed E-state index contributed by atoms with van der Waals surface area (Å²) in [7, 11) is 2.84. The van der Waals surface area contributed by atoms with Crippen LogP contribution in [0, 0.1) is 5.82 Å². The smallest absolute Gasteiger partial charge is 0.200 e. The van der Waals surface area contributed by atoms with Gasteiger partial charge in [-0.15, -0.1) is 0 Å². The summed E-state index contributed by atoms with van der Waals surface area (Å²) < 4.78 is 23.6. The van der Waals surface area contributed by atoms with Crippen LogP contribution < -0.4 is 15.2 Å². The summed E-state index contributed by atoms with van der Waals surface area (Å²) in [5.74, 6) is -0.368. The molecule has 0 heterocycles. The molecule has 0 spiro atoms. The molecule has 2 aromatic rings. The lowest BCUT2D eigenvalue weighted by atomic mass is 10.0. The van der Waals surface area contributed by atoms with E-state index in [-0.39, 0.29) is 16.9 Å². The number of anilines is 1. The molecule has 0 saturated carbocycles. The lowest BCUT2D eigenvalue weighted by Gasteiger charge is -2.12. The summed E-state index contributed by atoms with van der Waals surface area (Å²) in [6.07, 6.45) is 0. The molecular weight excluding hydrogens is 261 g/mol. The van der Waals surface area contributed by atoms with E-state index in [0.717, 1.165) is 6.07 Å². The highest BCUT2D eigenvalue weighted by atomic mass is 19.1. The first kappa shape index (κ1) is 13.9. The van der Waals surface area contributed by atoms with Gasteiger partial charge in [-0.1, -0.05) is 6.07 Å². The molecule has 0 aliphatic carbocycles. The van der Waals surface area contributed by atoms with E-state index in [1.807, 2.05) is 0 Å². The highest BCUT2D eigenvalue weighted by Crippen LogP contribution is 2.30. The number of carbonyl (C=O) groups is 1. The van der Waals surface area contributed by atoms with Crippen molar-refractivity contribution in [1.82, 2.24) is 0 Å². The maximum Gasteiger partial charge on any atom is 0.200 e. The Balaban J connectivity index is 2.57. The van der Waals surface area contributed by atoms with Gasteiger partial charge in [-0.3, -0.25) is 4.79 Å². The van der Waals surface area contributed by atoms with Crippen molar-refractivity contribution in [2.45, 2.75) is 0 Å². The molecule has 0 aliphatic rings. The van der Waals surface area contributed by atoms with Gasteiger partial charge in [0.25, 0.3) is 0 Å². The predicted molar refractivity (Wildman–Crippen MR) is 73.8 cm³/mol. The molecule has 20 heavy (non-hydrogen) atoms. The van der Waals surface area contributed by atoms with Gasteiger partial charge < -0.3 is 15.2 Å². The molecule has 2 N–H and O–H groups in total. The van der Waals surface area contributed by atoms with Crippen LogP contribution in [0.3, 0.4) is 0 Å². The Morgan fingerprint density at radius 1 is 1.10 bits per heavy atom. The number of hydrogen-bond acceptors (Lipinski definition) is 4. The molecule has 0 bridgehead atoms. The van der Waals surface area contributed by atoms with E-state index < -0.39 is 11.6 Å². The minimum atomic E-state index is -0.517. The van der Waals surface area contributed by atoms with Crippen molar-refractivity contribution in [2.75, 3.05) is 20.0 Å². The average Bonchev–Trinajstić information content (AvgIpc) is 2.46. The molecule has 2 rings (SSSR count). The fourth-order valence-corrected chi connectivity index (χ4v) is 1.96. The van der Waals surface area contributed by atoms with E-state index in [9.17, 15) is 9.18 Å². The van der Waals surface area contributed by atoms with E-state index in [2.05, 4.69) is 0 Å². The number of ether oxygens (including phenoxy) is 2. The molecule has 2 aromatic carbocycles. The Hall–Kier alpha value is -2.56. The van der Waals surface area contributed by atoms with Gasteiger partial charge in [0.2, 0.25) is 5.78 Å². The van der Waals surface area contributed by atoms with Crippen LogP contribution in [-0.4, -0.2) is 20.0 Å². The lowest BCUT2D eigenvalue weighted by Crippen LogP contribution is -2.08. The SMILES string of the molecule is COc1ccc(F)cc1C(=O)c1cccc(N)c1OC. The van der Waals surface area contributed by atoms with E-state index in [4.69, 9.17) is 15.2 Å². The van der Waals surface area contributed by atoms with Crippen molar-refractivity contribution < 1.29 is 18.7 Å². The number of benzene rings is 2. The number of nitrogen functional groups attached to an aromatic ring is 1. The third kappa shape index (κ3) is 2.42. The summed E-state index contributed by atoms with van der Waals surface area (Å²) in [4.78, 5) is 12.5. The van der Waals surface area contributed by atoms with Crippen LogP contribution in [0.25, 0.3) is 0 Å². The Kier molecular flexibility index (Phi) is 3.89. The van der Waals surface area contributed by atoms with Crippen LogP contribution >= 0.6 is 0 Å². The van der Waals surface area contributed by atoms with Gasteiger partial charge >= 0.3 is 0 Å². The van der Waals surface area contributed by atoms with E-state index in [1.54, 1.807) is 18.2 Å². The fraction of sp³-hybridized carbons (Fsp3) is 0.133. The molecule has 0 saturated heterocycles. The van der Waals surface area contributed by atoms with E-state index in [1.165, 1.54) is 26.4 Å². The van der Waals surface area contributed by atoms with Gasteiger partial charge in [0, 0.05) is 0 Å². The van der Waals surface area contributed by atoms with Crippen molar-refractivity contribution in [3.05, 3.63) is 53.3 Å². The maximum atomic E-state index is 13.4. The summed E-state index contributed by atoms with van der Waals surface area (Å²) >= 11 is 0. The number of methoxy groups -OCH3 is 2. The van der Waals surface area contributed by atoms with Crippen LogP contribution in [0.4, 0.5) is 10.1 Å². The monoisotopic (exact) mass is 275 g/mol. The van der Waals surface area contributed by atoms with Gasteiger partial charge in [0.05, 0.1) is 31.0 Å². The molecule has 4 nitrogen and oxygen atoms in total. The normalized spacial score (nSPS) is 10.2. The third-order valence-electron chi connectivity index (χ3n) is 2.90. The molecule has 5 heteroatoms. The van der Waals surface area contributed by atoms with Crippen molar-refractivity contribution in [3.8, 4) is 11.5 Å². The molecule has 0 aromatic heterocycles. The van der Waals surface area contributed by atoms with Gasteiger partial charge in [0.1, 0.15) is 11.6 Å². The van der Waals surface area contributed by atoms with Crippen LogP contribution in [0.5, 0.6) is 11.5 Å². The molecule has 104 valence electrons. The third-order valence-corrected chi connectivity index (χ3v) is 2.90. The quantitative estimate of drug-likeness (QED) is 0.688. The molecule has 0 atom stereocenters. The Labute approximate surface area is 115 Å². The molecule has 0 radical (unpaired) electrons.